The Morgan fingerprint density at radius 2 is 2.00 bits per heavy atom. The first-order chi connectivity index (χ1) is 7.81. The van der Waals surface area contributed by atoms with Gasteiger partial charge in [0.1, 0.15) is 6.07 Å². The highest BCUT2D eigenvalue weighted by Gasteiger charge is 2.03. The normalized spacial score (nSPS) is 10.1. The third-order valence-corrected chi connectivity index (χ3v) is 2.42. The molecule has 5 nitrogen and oxygen atoms in total. The van der Waals surface area contributed by atoms with E-state index in [1.807, 2.05) is 6.07 Å². The van der Waals surface area contributed by atoms with Gasteiger partial charge >= 0.3 is 0 Å². The van der Waals surface area contributed by atoms with Gasteiger partial charge in [-0.25, -0.2) is 9.97 Å². The number of aromatic nitrogens is 2. The molecule has 0 amide bonds. The fourth-order valence-electron chi connectivity index (χ4n) is 1.42. The summed E-state index contributed by atoms with van der Waals surface area (Å²) >= 11 is 0. The van der Waals surface area contributed by atoms with E-state index in [-0.39, 0.29) is 0 Å². The lowest BCUT2D eigenvalue weighted by Crippen LogP contribution is -2.28. The monoisotopic (exact) mass is 219 g/mol. The Morgan fingerprint density at radius 3 is 2.62 bits per heavy atom. The van der Waals surface area contributed by atoms with Crippen molar-refractivity contribution in [2.45, 2.75) is 13.8 Å². The molecular weight excluding hydrogens is 202 g/mol. The number of rotatable bonds is 6. The van der Waals surface area contributed by atoms with Gasteiger partial charge in [0.15, 0.2) is 11.5 Å². The summed E-state index contributed by atoms with van der Waals surface area (Å²) < 4.78 is 0. The molecular formula is C11H17N5. The molecule has 1 aromatic rings. The average molecular weight is 219 g/mol. The van der Waals surface area contributed by atoms with Gasteiger partial charge in [-0.1, -0.05) is 13.8 Å². The van der Waals surface area contributed by atoms with E-state index >= 15 is 0 Å². The number of nitrogens with one attached hydrogen (secondary N) is 1. The van der Waals surface area contributed by atoms with E-state index < -0.39 is 0 Å². The van der Waals surface area contributed by atoms with Crippen molar-refractivity contribution in [3.8, 4) is 6.07 Å². The van der Waals surface area contributed by atoms with Crippen molar-refractivity contribution in [2.24, 2.45) is 0 Å². The van der Waals surface area contributed by atoms with Gasteiger partial charge in [0.05, 0.1) is 0 Å². The van der Waals surface area contributed by atoms with E-state index in [0.717, 1.165) is 26.2 Å². The van der Waals surface area contributed by atoms with Crippen molar-refractivity contribution >= 4 is 5.82 Å². The second kappa shape index (κ2) is 6.75. The number of likely N-dealkylation sites (N-methyl/N-ethyl adjacent to an activating group) is 1. The SMILES string of the molecule is CCN(CC)CCNc1nccnc1C#N. The average Bonchev–Trinajstić information content (AvgIpc) is 2.35. The fourth-order valence-corrected chi connectivity index (χ4v) is 1.42. The van der Waals surface area contributed by atoms with Crippen molar-refractivity contribution < 1.29 is 0 Å². The molecule has 0 aliphatic rings. The van der Waals surface area contributed by atoms with Crippen LogP contribution in [0.5, 0.6) is 0 Å². The zero-order chi connectivity index (χ0) is 11.8. The van der Waals surface area contributed by atoms with Crippen LogP contribution < -0.4 is 5.32 Å². The Hall–Kier alpha value is -1.67. The summed E-state index contributed by atoms with van der Waals surface area (Å²) in [6.45, 7) is 8.04. The fraction of sp³-hybridized carbons (Fsp3) is 0.545. The van der Waals surface area contributed by atoms with Crippen LogP contribution >= 0.6 is 0 Å². The van der Waals surface area contributed by atoms with Crippen molar-refractivity contribution in [1.82, 2.24) is 14.9 Å². The number of hydrogen-bond acceptors (Lipinski definition) is 5. The van der Waals surface area contributed by atoms with Crippen LogP contribution in [0, 0.1) is 11.3 Å². The highest BCUT2D eigenvalue weighted by molar-refractivity contribution is 5.46. The smallest absolute Gasteiger partial charge is 0.182 e. The minimum Gasteiger partial charge on any atom is -0.366 e. The molecule has 1 aromatic heterocycles. The van der Waals surface area contributed by atoms with E-state index in [0.29, 0.717) is 11.5 Å². The van der Waals surface area contributed by atoms with Gasteiger partial charge in [-0.15, -0.1) is 0 Å². The number of hydrogen-bond donors (Lipinski definition) is 1. The van der Waals surface area contributed by atoms with Gasteiger partial charge in [0.2, 0.25) is 0 Å². The minimum absolute atomic E-state index is 0.349. The molecule has 0 bridgehead atoms. The summed E-state index contributed by atoms with van der Waals surface area (Å²) in [5, 5.41) is 11.9. The molecule has 0 aliphatic heterocycles. The lowest BCUT2D eigenvalue weighted by atomic mass is 10.4. The van der Waals surface area contributed by atoms with Gasteiger partial charge in [0, 0.05) is 25.5 Å². The lowest BCUT2D eigenvalue weighted by Gasteiger charge is -2.18. The number of nitriles is 1. The summed E-state index contributed by atoms with van der Waals surface area (Å²) in [4.78, 5) is 10.3. The van der Waals surface area contributed by atoms with Crippen LogP contribution in [0.2, 0.25) is 0 Å². The quantitative estimate of drug-likeness (QED) is 0.776. The van der Waals surface area contributed by atoms with Crippen LogP contribution in [-0.4, -0.2) is 41.0 Å². The van der Waals surface area contributed by atoms with Crippen molar-refractivity contribution in [3.63, 3.8) is 0 Å². The zero-order valence-electron chi connectivity index (χ0n) is 9.77. The molecule has 5 heteroatoms. The van der Waals surface area contributed by atoms with Crippen LogP contribution in [-0.2, 0) is 0 Å². The molecule has 0 atom stereocenters. The molecule has 0 spiro atoms. The van der Waals surface area contributed by atoms with Crippen LogP contribution in [0.25, 0.3) is 0 Å². The summed E-state index contributed by atoms with van der Waals surface area (Å²) in [6, 6.07) is 2.01. The Kier molecular flexibility index (Phi) is 5.23. The predicted octanol–water partition coefficient (Wildman–Crippen LogP) is 1.10. The van der Waals surface area contributed by atoms with Gasteiger partial charge in [-0.3, -0.25) is 0 Å². The van der Waals surface area contributed by atoms with Crippen LogP contribution in [0.3, 0.4) is 0 Å². The molecule has 1 heterocycles. The Bertz CT molecular complexity index is 354. The maximum absolute atomic E-state index is 8.82. The molecule has 0 radical (unpaired) electrons. The molecule has 0 aliphatic carbocycles. The highest BCUT2D eigenvalue weighted by Crippen LogP contribution is 2.05. The van der Waals surface area contributed by atoms with Crippen LogP contribution in [0.4, 0.5) is 5.82 Å². The summed E-state index contributed by atoms with van der Waals surface area (Å²) in [6.07, 6.45) is 3.11. The van der Waals surface area contributed by atoms with E-state index in [1.54, 1.807) is 6.20 Å². The molecule has 0 saturated carbocycles. The molecule has 0 unspecified atom stereocenters. The first-order valence-electron chi connectivity index (χ1n) is 5.49. The third-order valence-electron chi connectivity index (χ3n) is 2.42. The van der Waals surface area contributed by atoms with Gasteiger partial charge in [0.25, 0.3) is 0 Å². The Morgan fingerprint density at radius 1 is 1.31 bits per heavy atom. The number of nitrogens with zero attached hydrogens (tertiary/aromatic N) is 4. The van der Waals surface area contributed by atoms with Gasteiger partial charge in [-0.05, 0) is 13.1 Å². The lowest BCUT2D eigenvalue weighted by molar-refractivity contribution is 0.316. The van der Waals surface area contributed by atoms with Crippen molar-refractivity contribution in [3.05, 3.63) is 18.1 Å². The number of anilines is 1. The van der Waals surface area contributed by atoms with Gasteiger partial charge in [-0.2, -0.15) is 5.26 Å². The molecule has 0 aromatic carbocycles. The second-order valence-electron chi connectivity index (χ2n) is 3.32. The van der Waals surface area contributed by atoms with E-state index in [1.165, 1.54) is 6.20 Å². The zero-order valence-corrected chi connectivity index (χ0v) is 9.77. The summed E-state index contributed by atoms with van der Waals surface area (Å²) in [5.74, 6) is 0.567. The Labute approximate surface area is 96.1 Å². The minimum atomic E-state index is 0.349. The van der Waals surface area contributed by atoms with Crippen LogP contribution in [0.15, 0.2) is 12.4 Å². The van der Waals surface area contributed by atoms with E-state index in [9.17, 15) is 0 Å². The molecule has 86 valence electrons. The van der Waals surface area contributed by atoms with Gasteiger partial charge < -0.3 is 10.2 Å². The Balaban J connectivity index is 2.46. The molecule has 16 heavy (non-hydrogen) atoms. The summed E-state index contributed by atoms with van der Waals surface area (Å²) in [5.41, 5.74) is 0.349. The van der Waals surface area contributed by atoms with Crippen molar-refractivity contribution in [1.29, 1.82) is 5.26 Å². The third kappa shape index (κ3) is 3.48. The maximum Gasteiger partial charge on any atom is 0.182 e. The molecule has 0 fully saturated rings. The van der Waals surface area contributed by atoms with E-state index in [4.69, 9.17) is 5.26 Å². The molecule has 0 saturated heterocycles. The first kappa shape index (κ1) is 12.4. The maximum atomic E-state index is 8.82. The highest BCUT2D eigenvalue weighted by atomic mass is 15.1. The van der Waals surface area contributed by atoms with Crippen molar-refractivity contribution in [2.75, 3.05) is 31.5 Å². The largest absolute Gasteiger partial charge is 0.366 e. The predicted molar refractivity (Wildman–Crippen MR) is 63.0 cm³/mol. The first-order valence-corrected chi connectivity index (χ1v) is 5.49. The van der Waals surface area contributed by atoms with Crippen LogP contribution in [0.1, 0.15) is 19.5 Å². The standard InChI is InChI=1S/C11H17N5/c1-3-16(4-2)8-7-15-11-10(9-12)13-5-6-14-11/h5-6H,3-4,7-8H2,1-2H3,(H,14,15). The van der Waals surface area contributed by atoms with E-state index in [2.05, 4.69) is 34.0 Å². The second-order valence-corrected chi connectivity index (χ2v) is 3.32. The molecule has 1 N–H and O–H groups in total. The topological polar surface area (TPSA) is 64.8 Å². The summed E-state index contributed by atoms with van der Waals surface area (Å²) in [7, 11) is 0. The molecule has 1 rings (SSSR count).